The first-order chi connectivity index (χ1) is 12.8. The van der Waals surface area contributed by atoms with Crippen LogP contribution in [0, 0.1) is 6.92 Å². The Hall–Kier alpha value is -2.99. The smallest absolute Gasteiger partial charge is 0.111 e. The summed E-state index contributed by atoms with van der Waals surface area (Å²) in [4.78, 5) is 11.5. The summed E-state index contributed by atoms with van der Waals surface area (Å²) in [5.41, 5.74) is 6.63. The summed E-state index contributed by atoms with van der Waals surface area (Å²) in [6.45, 7) is 5.68. The van der Waals surface area contributed by atoms with Crippen LogP contribution in [0.4, 0.5) is 0 Å². The van der Waals surface area contributed by atoms with Gasteiger partial charge in [0.05, 0.1) is 35.5 Å². The number of rotatable bonds is 3. The number of aromatic nitrogens is 5. The fourth-order valence-corrected chi connectivity index (χ4v) is 3.66. The molecule has 0 radical (unpaired) electrons. The van der Waals surface area contributed by atoms with Crippen LogP contribution in [0.25, 0.3) is 16.9 Å². The van der Waals surface area contributed by atoms with Crippen LogP contribution in [-0.2, 0) is 19.6 Å². The van der Waals surface area contributed by atoms with E-state index < -0.39 is 0 Å². The monoisotopic (exact) mass is 344 g/mol. The fourth-order valence-electron chi connectivity index (χ4n) is 3.66. The van der Waals surface area contributed by atoms with Crippen molar-refractivity contribution in [3.8, 4) is 11.4 Å². The Bertz CT molecular complexity index is 1080. The molecule has 130 valence electrons. The van der Waals surface area contributed by atoms with E-state index >= 15 is 0 Å². The summed E-state index contributed by atoms with van der Waals surface area (Å²) < 4.78 is 4.19. The zero-order chi connectivity index (χ0) is 17.5. The third kappa shape index (κ3) is 2.59. The molecule has 0 unspecified atom stereocenters. The molecule has 6 nitrogen and oxygen atoms in total. The standard InChI is InChI=1S/C20H20N6/c1-15-5-4-7-21-20(15)17-11-16-12-24(9-10-26(16)23-17)13-18-19-6-2-3-8-25(19)14-22-18/h2-8,11,14H,9-10,12-13H2,1H3. The highest BCUT2D eigenvalue weighted by Gasteiger charge is 2.21. The Kier molecular flexibility index (Phi) is 3.57. The molecule has 0 aromatic carbocycles. The molecule has 6 heteroatoms. The van der Waals surface area contributed by atoms with Crippen LogP contribution >= 0.6 is 0 Å². The van der Waals surface area contributed by atoms with Crippen molar-refractivity contribution in [3.05, 3.63) is 72.1 Å². The normalized spacial score (nSPS) is 14.7. The van der Waals surface area contributed by atoms with Crippen LogP contribution in [0.3, 0.4) is 0 Å². The Balaban J connectivity index is 1.39. The van der Waals surface area contributed by atoms with E-state index in [0.29, 0.717) is 0 Å². The third-order valence-corrected chi connectivity index (χ3v) is 5.03. The number of nitrogens with zero attached hydrogens (tertiary/aromatic N) is 6. The van der Waals surface area contributed by atoms with E-state index in [0.717, 1.165) is 48.8 Å². The first-order valence-corrected chi connectivity index (χ1v) is 8.89. The van der Waals surface area contributed by atoms with Gasteiger partial charge in [-0.15, -0.1) is 0 Å². The average molecular weight is 344 g/mol. The van der Waals surface area contributed by atoms with Gasteiger partial charge in [-0.05, 0) is 36.8 Å². The molecule has 1 aliphatic rings. The lowest BCUT2D eigenvalue weighted by Crippen LogP contribution is -2.33. The van der Waals surface area contributed by atoms with Gasteiger partial charge in [0.2, 0.25) is 0 Å². The number of hydrogen-bond acceptors (Lipinski definition) is 4. The minimum Gasteiger partial charge on any atom is -0.306 e. The van der Waals surface area contributed by atoms with Gasteiger partial charge in [-0.25, -0.2) is 4.98 Å². The minimum absolute atomic E-state index is 0.851. The molecule has 1 aliphatic heterocycles. The lowest BCUT2D eigenvalue weighted by Gasteiger charge is -2.26. The molecule has 0 N–H and O–H groups in total. The Morgan fingerprint density at radius 2 is 2.04 bits per heavy atom. The van der Waals surface area contributed by atoms with E-state index in [-0.39, 0.29) is 0 Å². The largest absolute Gasteiger partial charge is 0.306 e. The lowest BCUT2D eigenvalue weighted by molar-refractivity contribution is 0.204. The summed E-state index contributed by atoms with van der Waals surface area (Å²) in [5, 5.41) is 4.77. The topological polar surface area (TPSA) is 51.2 Å². The maximum Gasteiger partial charge on any atom is 0.111 e. The molecular weight excluding hydrogens is 324 g/mol. The summed E-state index contributed by atoms with van der Waals surface area (Å²) in [7, 11) is 0. The van der Waals surface area contributed by atoms with E-state index in [4.69, 9.17) is 5.10 Å². The van der Waals surface area contributed by atoms with Crippen molar-refractivity contribution >= 4 is 5.52 Å². The van der Waals surface area contributed by atoms with Gasteiger partial charge in [0.1, 0.15) is 5.69 Å². The first-order valence-electron chi connectivity index (χ1n) is 8.89. The predicted octanol–water partition coefficient (Wildman–Crippen LogP) is 2.92. The van der Waals surface area contributed by atoms with Gasteiger partial charge in [-0.2, -0.15) is 5.10 Å². The van der Waals surface area contributed by atoms with Crippen LogP contribution in [0.2, 0.25) is 0 Å². The number of hydrogen-bond donors (Lipinski definition) is 0. The molecule has 0 amide bonds. The molecule has 4 aromatic rings. The highest BCUT2D eigenvalue weighted by atomic mass is 15.3. The Morgan fingerprint density at radius 1 is 1.08 bits per heavy atom. The lowest BCUT2D eigenvalue weighted by atomic mass is 10.1. The van der Waals surface area contributed by atoms with Gasteiger partial charge in [-0.1, -0.05) is 12.1 Å². The van der Waals surface area contributed by atoms with E-state index in [1.54, 1.807) is 0 Å². The number of pyridine rings is 2. The van der Waals surface area contributed by atoms with Crippen molar-refractivity contribution in [2.45, 2.75) is 26.6 Å². The molecular formula is C20H20N6. The summed E-state index contributed by atoms with van der Waals surface area (Å²) in [5.74, 6) is 0. The van der Waals surface area contributed by atoms with Crippen molar-refractivity contribution < 1.29 is 0 Å². The number of fused-ring (bicyclic) bond motifs is 2. The van der Waals surface area contributed by atoms with Crippen LogP contribution < -0.4 is 0 Å². The van der Waals surface area contributed by atoms with Crippen molar-refractivity contribution in [1.82, 2.24) is 29.0 Å². The summed E-state index contributed by atoms with van der Waals surface area (Å²) >= 11 is 0. The van der Waals surface area contributed by atoms with E-state index in [1.807, 2.05) is 30.9 Å². The maximum atomic E-state index is 4.77. The minimum atomic E-state index is 0.851. The highest BCUT2D eigenvalue weighted by Crippen LogP contribution is 2.24. The molecule has 5 rings (SSSR count). The molecule has 26 heavy (non-hydrogen) atoms. The van der Waals surface area contributed by atoms with Crippen molar-refractivity contribution in [2.24, 2.45) is 0 Å². The predicted molar refractivity (Wildman–Crippen MR) is 99.5 cm³/mol. The second kappa shape index (κ2) is 6.07. The van der Waals surface area contributed by atoms with E-state index in [2.05, 4.69) is 55.1 Å². The molecule has 0 saturated carbocycles. The Morgan fingerprint density at radius 3 is 2.96 bits per heavy atom. The van der Waals surface area contributed by atoms with Crippen molar-refractivity contribution in [1.29, 1.82) is 0 Å². The van der Waals surface area contributed by atoms with Gasteiger partial charge in [0.25, 0.3) is 0 Å². The molecule has 0 aliphatic carbocycles. The van der Waals surface area contributed by atoms with Crippen LogP contribution in [-0.4, -0.2) is 35.6 Å². The van der Waals surface area contributed by atoms with Crippen LogP contribution in [0.15, 0.2) is 55.1 Å². The Labute approximate surface area is 151 Å². The van der Waals surface area contributed by atoms with Gasteiger partial charge >= 0.3 is 0 Å². The zero-order valence-electron chi connectivity index (χ0n) is 14.7. The van der Waals surface area contributed by atoms with Crippen LogP contribution in [0.1, 0.15) is 17.0 Å². The summed E-state index contributed by atoms with van der Waals surface area (Å²) in [6, 6.07) is 12.4. The van der Waals surface area contributed by atoms with Crippen molar-refractivity contribution in [2.75, 3.05) is 6.54 Å². The maximum absolute atomic E-state index is 4.77. The quantitative estimate of drug-likeness (QED) is 0.573. The fraction of sp³-hybridized carbons (Fsp3) is 0.250. The van der Waals surface area contributed by atoms with E-state index in [1.165, 1.54) is 11.2 Å². The third-order valence-electron chi connectivity index (χ3n) is 5.03. The van der Waals surface area contributed by atoms with Gasteiger partial charge in [0, 0.05) is 32.0 Å². The molecule has 0 atom stereocenters. The SMILES string of the molecule is Cc1cccnc1-c1cc2n(n1)CCN(Cc1ncn3ccccc13)C2. The second-order valence-electron chi connectivity index (χ2n) is 6.81. The van der Waals surface area contributed by atoms with Gasteiger partial charge < -0.3 is 4.40 Å². The molecule has 5 heterocycles. The number of imidazole rings is 1. The molecule has 4 aromatic heterocycles. The first kappa shape index (κ1) is 15.3. The highest BCUT2D eigenvalue weighted by molar-refractivity contribution is 5.58. The van der Waals surface area contributed by atoms with Gasteiger partial charge in [-0.3, -0.25) is 14.6 Å². The molecule has 0 spiro atoms. The number of aryl methyl sites for hydroxylation is 1. The molecule has 0 saturated heterocycles. The van der Waals surface area contributed by atoms with E-state index in [9.17, 15) is 0 Å². The zero-order valence-corrected chi connectivity index (χ0v) is 14.7. The molecule has 0 bridgehead atoms. The van der Waals surface area contributed by atoms with Crippen molar-refractivity contribution in [3.63, 3.8) is 0 Å². The summed E-state index contributed by atoms with van der Waals surface area (Å²) in [6.07, 6.45) is 5.76. The molecule has 0 fully saturated rings. The second-order valence-corrected chi connectivity index (χ2v) is 6.81. The average Bonchev–Trinajstić information content (AvgIpc) is 3.26. The van der Waals surface area contributed by atoms with Gasteiger partial charge in [0.15, 0.2) is 0 Å². The van der Waals surface area contributed by atoms with Crippen LogP contribution in [0.5, 0.6) is 0 Å².